The lowest BCUT2D eigenvalue weighted by Gasteiger charge is -2.61. The maximum absolute atomic E-state index is 13.4. The van der Waals surface area contributed by atoms with E-state index in [-0.39, 0.29) is 39.5 Å². The highest BCUT2D eigenvalue weighted by Crippen LogP contribution is 2.65. The van der Waals surface area contributed by atoms with Crippen LogP contribution in [0.3, 0.4) is 0 Å². The molecule has 0 aromatic carbocycles. The lowest BCUT2D eigenvalue weighted by Crippen LogP contribution is -2.57. The number of carbonyl (C=O) groups is 2. The Morgan fingerprint density at radius 3 is 2.51 bits per heavy atom. The van der Waals surface area contributed by atoms with Crippen molar-refractivity contribution in [2.45, 2.75) is 90.8 Å². The normalized spacial score (nSPS) is 28.1. The maximum atomic E-state index is 13.4. The summed E-state index contributed by atoms with van der Waals surface area (Å²) in [5, 5.41) is 23.2. The zero-order valence-corrected chi connectivity index (χ0v) is 22.4. The molecule has 2 aromatic heterocycles. The van der Waals surface area contributed by atoms with E-state index in [0.29, 0.717) is 42.6 Å². The fraction of sp³-hybridized carbons (Fsp3) is 0.680. The van der Waals surface area contributed by atoms with Gasteiger partial charge < -0.3 is 20.2 Å². The average Bonchev–Trinajstić information content (AvgIpc) is 3.33. The Morgan fingerprint density at radius 1 is 1.27 bits per heavy atom. The first-order valence-corrected chi connectivity index (χ1v) is 13.3. The Hall–Kier alpha value is -2.95. The molecule has 4 aliphatic carbocycles. The first kappa shape index (κ1) is 25.7. The molecule has 0 radical (unpaired) electrons. The molecular weight excluding hydrogens is 500 g/mol. The van der Waals surface area contributed by atoms with Crippen LogP contribution in [0.2, 0.25) is 5.02 Å². The van der Waals surface area contributed by atoms with Crippen molar-refractivity contribution in [1.82, 2.24) is 19.6 Å². The molecule has 2 aromatic rings. The van der Waals surface area contributed by atoms with E-state index in [9.17, 15) is 19.7 Å². The number of nitrogens with zero attached hydrogens (tertiary/aromatic N) is 5. The second-order valence-electron chi connectivity index (χ2n) is 11.5. The second kappa shape index (κ2) is 9.11. The predicted molar refractivity (Wildman–Crippen MR) is 135 cm³/mol. The van der Waals surface area contributed by atoms with E-state index in [4.69, 9.17) is 16.3 Å². The molecule has 2 unspecified atom stereocenters. The minimum atomic E-state index is -0.570. The van der Waals surface area contributed by atoms with Gasteiger partial charge in [-0.3, -0.25) is 9.48 Å². The third kappa shape index (κ3) is 4.51. The number of amides is 1. The van der Waals surface area contributed by atoms with Crippen molar-refractivity contribution in [3.8, 4) is 0 Å². The van der Waals surface area contributed by atoms with Crippen molar-refractivity contribution < 1.29 is 19.2 Å². The van der Waals surface area contributed by atoms with Crippen molar-refractivity contribution in [3.05, 3.63) is 32.7 Å². The summed E-state index contributed by atoms with van der Waals surface area (Å²) in [6, 6.07) is 0. The monoisotopic (exact) mass is 532 g/mol. The third-order valence-electron chi connectivity index (χ3n) is 8.23. The molecular formula is C25H33ClN6O5. The molecule has 12 heteroatoms. The van der Waals surface area contributed by atoms with Gasteiger partial charge in [0.05, 0.1) is 28.1 Å². The molecule has 200 valence electrons. The molecule has 0 spiro atoms. The van der Waals surface area contributed by atoms with Crippen molar-refractivity contribution in [2.24, 2.45) is 17.3 Å². The number of aromatic nitrogens is 4. The van der Waals surface area contributed by atoms with Gasteiger partial charge in [0.15, 0.2) is 10.7 Å². The van der Waals surface area contributed by atoms with Gasteiger partial charge >= 0.3 is 11.8 Å². The average molecular weight is 533 g/mol. The molecule has 4 bridgehead atoms. The Labute approximate surface area is 220 Å². The quantitative estimate of drug-likeness (QED) is 0.291. The molecule has 0 aliphatic heterocycles. The molecule has 2 heterocycles. The number of anilines is 1. The lowest BCUT2D eigenvalue weighted by atomic mass is 9.46. The zero-order valence-electron chi connectivity index (χ0n) is 21.6. The topological polar surface area (TPSA) is 134 Å². The third-order valence-corrected chi connectivity index (χ3v) is 8.67. The summed E-state index contributed by atoms with van der Waals surface area (Å²) in [4.78, 5) is 37.0. The summed E-state index contributed by atoms with van der Waals surface area (Å²) in [6.07, 6.45) is 7.12. The van der Waals surface area contributed by atoms with Gasteiger partial charge in [0.25, 0.3) is 0 Å². The molecule has 4 fully saturated rings. The van der Waals surface area contributed by atoms with Gasteiger partial charge in [-0.2, -0.15) is 9.78 Å². The molecule has 11 nitrogen and oxygen atoms in total. The lowest BCUT2D eigenvalue weighted by molar-refractivity contribution is -0.389. The van der Waals surface area contributed by atoms with Crippen molar-refractivity contribution in [2.75, 3.05) is 5.32 Å². The molecule has 1 N–H and O–H groups in total. The highest BCUT2D eigenvalue weighted by Gasteiger charge is 2.61. The van der Waals surface area contributed by atoms with E-state index in [1.54, 1.807) is 36.3 Å². The number of nitro groups is 1. The van der Waals surface area contributed by atoms with Gasteiger partial charge in [-0.05, 0) is 88.4 Å². The number of esters is 1. The minimum absolute atomic E-state index is 0.0845. The van der Waals surface area contributed by atoms with Gasteiger partial charge in [-0.1, -0.05) is 11.6 Å². The van der Waals surface area contributed by atoms with E-state index in [1.165, 1.54) is 0 Å². The number of hydrogen-bond acceptors (Lipinski definition) is 7. The molecule has 37 heavy (non-hydrogen) atoms. The van der Waals surface area contributed by atoms with Crippen LogP contribution in [0, 0.1) is 34.3 Å². The zero-order chi connectivity index (χ0) is 26.7. The summed E-state index contributed by atoms with van der Waals surface area (Å²) >= 11 is 6.31. The number of ether oxygens (including phenoxy) is 1. The van der Waals surface area contributed by atoms with Crippen LogP contribution in [0.5, 0.6) is 0 Å². The van der Waals surface area contributed by atoms with Crippen LogP contribution in [0.15, 0.2) is 6.20 Å². The predicted octanol–water partition coefficient (Wildman–Crippen LogP) is 4.86. The van der Waals surface area contributed by atoms with E-state index < -0.39 is 10.9 Å². The number of hydrogen-bond donors (Lipinski definition) is 1. The van der Waals surface area contributed by atoms with Crippen molar-refractivity contribution in [3.63, 3.8) is 0 Å². The highest BCUT2D eigenvalue weighted by atomic mass is 35.5. The van der Waals surface area contributed by atoms with Crippen LogP contribution in [0.25, 0.3) is 0 Å². The Kier molecular flexibility index (Phi) is 6.32. The van der Waals surface area contributed by atoms with Crippen LogP contribution in [-0.2, 0) is 21.6 Å². The number of aryl methyl sites for hydroxylation is 1. The van der Waals surface area contributed by atoms with Crippen LogP contribution < -0.4 is 5.32 Å². The molecule has 0 saturated heterocycles. The van der Waals surface area contributed by atoms with Crippen LogP contribution in [0.1, 0.15) is 81.9 Å². The van der Waals surface area contributed by atoms with Crippen molar-refractivity contribution in [1.29, 1.82) is 0 Å². The standard InChI is InChI=1S/C25H33ClN6O5/c1-5-30-12-18(21(28-30)23(34)37-14(2)3)27-19(33)11-24-7-16-6-17(8-24)10-25(9-16,13-24)31-15(4)20(26)22(29-31)32(35)36/h12,14,16-17H,5-11,13H2,1-4H3,(H,27,33). The summed E-state index contributed by atoms with van der Waals surface area (Å²) in [5.41, 5.74) is 0.427. The smallest absolute Gasteiger partial charge is 0.408 e. The van der Waals surface area contributed by atoms with Gasteiger partial charge in [0.2, 0.25) is 5.91 Å². The van der Waals surface area contributed by atoms with E-state index >= 15 is 0 Å². The first-order valence-electron chi connectivity index (χ1n) is 12.9. The summed E-state index contributed by atoms with van der Waals surface area (Å²) < 4.78 is 8.71. The maximum Gasteiger partial charge on any atom is 0.408 e. The summed E-state index contributed by atoms with van der Waals surface area (Å²) in [6.45, 7) is 7.76. The Bertz CT molecular complexity index is 1250. The largest absolute Gasteiger partial charge is 0.458 e. The van der Waals surface area contributed by atoms with Crippen molar-refractivity contribution >= 4 is 35.0 Å². The number of carbonyl (C=O) groups excluding carboxylic acids is 2. The fourth-order valence-corrected chi connectivity index (χ4v) is 7.72. The first-order chi connectivity index (χ1) is 17.4. The Morgan fingerprint density at radius 2 is 1.95 bits per heavy atom. The molecule has 2 atom stereocenters. The summed E-state index contributed by atoms with van der Waals surface area (Å²) in [5.74, 6) is -0.202. The molecule has 1 amide bonds. The van der Waals surface area contributed by atoms with Gasteiger partial charge in [0, 0.05) is 19.2 Å². The Balaban J connectivity index is 1.40. The van der Waals surface area contributed by atoms with Gasteiger partial charge in [-0.25, -0.2) is 4.79 Å². The van der Waals surface area contributed by atoms with Crippen LogP contribution in [0.4, 0.5) is 11.5 Å². The van der Waals surface area contributed by atoms with Gasteiger partial charge in [-0.15, -0.1) is 0 Å². The number of rotatable bonds is 8. The molecule has 4 saturated carbocycles. The van der Waals surface area contributed by atoms with Gasteiger partial charge in [0.1, 0.15) is 0 Å². The van der Waals surface area contributed by atoms with E-state index in [1.807, 2.05) is 6.92 Å². The van der Waals surface area contributed by atoms with E-state index in [0.717, 1.165) is 32.1 Å². The number of halogens is 1. The molecule has 6 rings (SSSR count). The summed E-state index contributed by atoms with van der Waals surface area (Å²) in [7, 11) is 0. The number of nitrogens with one attached hydrogen (secondary N) is 1. The SMILES string of the molecule is CCn1cc(NC(=O)CC23CC4CC(C2)CC(n2nc([N+](=O)[O-])c(Cl)c2C)(C4)C3)c(C(=O)OC(C)C)n1. The second-order valence-corrected chi connectivity index (χ2v) is 11.9. The fourth-order valence-electron chi connectivity index (χ4n) is 7.53. The van der Waals surface area contributed by atoms with Crippen LogP contribution in [-0.4, -0.2) is 42.5 Å². The highest BCUT2D eigenvalue weighted by molar-refractivity contribution is 6.33. The minimum Gasteiger partial charge on any atom is -0.458 e. The van der Waals surface area contributed by atoms with Crippen LogP contribution >= 0.6 is 11.6 Å². The molecule has 4 aliphatic rings. The van der Waals surface area contributed by atoms with E-state index in [2.05, 4.69) is 15.5 Å².